The largest absolute Gasteiger partial charge is 0.497 e. The van der Waals surface area contributed by atoms with Crippen LogP contribution in [0.5, 0.6) is 46.0 Å². The zero-order chi connectivity index (χ0) is 32.1. The molecule has 4 aromatic rings. The SMILES string of the molecule is COc1ccc2c(c1)N=C=Nc1cc(OC)ccc1OCCOc1ccc(OC)cc1N=C=Nc1cc(OC)ccc1OCCO2. The summed E-state index contributed by atoms with van der Waals surface area (Å²) in [5.74, 6) is 4.34. The van der Waals surface area contributed by atoms with Crippen molar-refractivity contribution in [2.75, 3.05) is 54.9 Å². The number of hydrogen-bond donors (Lipinski definition) is 0. The Morgan fingerprint density at radius 2 is 0.652 bits per heavy atom. The fraction of sp³-hybridized carbons (Fsp3) is 0.235. The van der Waals surface area contributed by atoms with Crippen molar-refractivity contribution in [1.82, 2.24) is 0 Å². The average molecular weight is 625 g/mol. The third-order valence-electron chi connectivity index (χ3n) is 6.54. The molecule has 0 aliphatic carbocycles. The number of fused-ring (bicyclic) bond motifs is 4. The van der Waals surface area contributed by atoms with Gasteiger partial charge in [0.05, 0.1) is 28.4 Å². The van der Waals surface area contributed by atoms with Gasteiger partial charge in [0.1, 0.15) is 107 Å². The van der Waals surface area contributed by atoms with Gasteiger partial charge in [-0.05, 0) is 48.5 Å². The van der Waals surface area contributed by atoms with Crippen LogP contribution in [0.15, 0.2) is 92.8 Å². The third-order valence-corrected chi connectivity index (χ3v) is 6.54. The van der Waals surface area contributed by atoms with Gasteiger partial charge in [0.2, 0.25) is 0 Å². The van der Waals surface area contributed by atoms with Crippen LogP contribution in [0.4, 0.5) is 22.7 Å². The van der Waals surface area contributed by atoms with E-state index in [9.17, 15) is 0 Å². The van der Waals surface area contributed by atoms with Gasteiger partial charge in [0.25, 0.3) is 0 Å². The van der Waals surface area contributed by atoms with Gasteiger partial charge in [0.15, 0.2) is 0 Å². The smallest absolute Gasteiger partial charge is 0.146 e. The van der Waals surface area contributed by atoms with Crippen molar-refractivity contribution in [2.45, 2.75) is 0 Å². The van der Waals surface area contributed by atoms with Gasteiger partial charge < -0.3 is 37.9 Å². The summed E-state index contributed by atoms with van der Waals surface area (Å²) in [6.07, 6.45) is 0. The van der Waals surface area contributed by atoms with Gasteiger partial charge in [-0.2, -0.15) is 20.0 Å². The summed E-state index contributed by atoms with van der Waals surface area (Å²) in [4.78, 5) is 17.7. The molecule has 0 unspecified atom stereocenters. The van der Waals surface area contributed by atoms with Crippen LogP contribution in [-0.2, 0) is 0 Å². The van der Waals surface area contributed by atoms with Gasteiger partial charge in [0, 0.05) is 24.3 Å². The molecule has 0 saturated carbocycles. The van der Waals surface area contributed by atoms with Crippen molar-refractivity contribution in [2.24, 2.45) is 20.0 Å². The van der Waals surface area contributed by atoms with E-state index in [1.807, 2.05) is 0 Å². The fourth-order valence-corrected chi connectivity index (χ4v) is 4.21. The van der Waals surface area contributed by atoms with Crippen LogP contribution in [-0.4, -0.2) is 66.9 Å². The minimum Gasteiger partial charge on any atom is -0.497 e. The zero-order valence-corrected chi connectivity index (χ0v) is 25.8. The van der Waals surface area contributed by atoms with Gasteiger partial charge in [-0.15, -0.1) is 0 Å². The molecule has 0 spiro atoms. The van der Waals surface area contributed by atoms with E-state index in [4.69, 9.17) is 37.9 Å². The summed E-state index contributed by atoms with van der Waals surface area (Å²) < 4.78 is 45.6. The Morgan fingerprint density at radius 1 is 0.413 bits per heavy atom. The molecule has 1 heterocycles. The van der Waals surface area contributed by atoms with E-state index in [2.05, 4.69) is 32.0 Å². The first-order chi connectivity index (χ1) is 22.6. The van der Waals surface area contributed by atoms with Crippen molar-refractivity contribution in [3.05, 3.63) is 72.8 Å². The van der Waals surface area contributed by atoms with E-state index in [0.29, 0.717) is 68.7 Å². The summed E-state index contributed by atoms with van der Waals surface area (Å²) in [5.41, 5.74) is 1.85. The average Bonchev–Trinajstić information content (AvgIpc) is 3.09. The maximum atomic E-state index is 6.01. The monoisotopic (exact) mass is 624 g/mol. The molecule has 46 heavy (non-hydrogen) atoms. The van der Waals surface area contributed by atoms with E-state index >= 15 is 0 Å². The highest BCUT2D eigenvalue weighted by Crippen LogP contribution is 2.36. The third kappa shape index (κ3) is 8.15. The normalized spacial score (nSPS) is 13.0. The lowest BCUT2D eigenvalue weighted by atomic mass is 10.2. The molecule has 0 saturated heterocycles. The Hall–Kier alpha value is -5.96. The molecular formula is C34H32N4O8. The highest BCUT2D eigenvalue weighted by Gasteiger charge is 2.10. The highest BCUT2D eigenvalue weighted by atomic mass is 16.5. The molecule has 12 nitrogen and oxygen atoms in total. The molecule has 1 aliphatic rings. The molecule has 0 fully saturated rings. The summed E-state index contributed by atoms with van der Waals surface area (Å²) in [6.45, 7) is 0.808. The Balaban J connectivity index is 1.51. The lowest BCUT2D eigenvalue weighted by Crippen LogP contribution is -2.09. The lowest BCUT2D eigenvalue weighted by Gasteiger charge is -2.13. The topological polar surface area (TPSA) is 123 Å². The number of methoxy groups -OCH3 is 4. The second-order valence-corrected chi connectivity index (χ2v) is 9.38. The van der Waals surface area contributed by atoms with Crippen LogP contribution in [0, 0.1) is 0 Å². The molecular weight excluding hydrogens is 592 g/mol. The van der Waals surface area contributed by atoms with E-state index in [-0.39, 0.29) is 26.4 Å². The Morgan fingerprint density at radius 3 is 0.870 bits per heavy atom. The molecule has 5 rings (SSSR count). The maximum Gasteiger partial charge on any atom is 0.146 e. The highest BCUT2D eigenvalue weighted by molar-refractivity contribution is 5.68. The molecule has 4 aromatic carbocycles. The fourth-order valence-electron chi connectivity index (χ4n) is 4.21. The maximum absolute atomic E-state index is 6.01. The van der Waals surface area contributed by atoms with E-state index in [0.717, 1.165) is 0 Å². The zero-order valence-electron chi connectivity index (χ0n) is 25.8. The first-order valence-corrected chi connectivity index (χ1v) is 14.2. The van der Waals surface area contributed by atoms with E-state index < -0.39 is 0 Å². The van der Waals surface area contributed by atoms with Gasteiger partial charge >= 0.3 is 0 Å². The van der Waals surface area contributed by atoms with Gasteiger partial charge in [-0.1, -0.05) is 0 Å². The van der Waals surface area contributed by atoms with Crippen LogP contribution in [0.1, 0.15) is 0 Å². The number of hydrogen-bond acceptors (Lipinski definition) is 12. The molecule has 12 heteroatoms. The van der Waals surface area contributed by atoms with Crippen molar-refractivity contribution in [1.29, 1.82) is 0 Å². The molecule has 0 amide bonds. The molecule has 0 radical (unpaired) electrons. The molecule has 0 N–H and O–H groups in total. The quantitative estimate of drug-likeness (QED) is 0.233. The summed E-state index contributed by atoms with van der Waals surface area (Å²) >= 11 is 0. The molecule has 0 aromatic heterocycles. The summed E-state index contributed by atoms with van der Waals surface area (Å²) in [6, 6.07) is 26.5. The van der Waals surface area contributed by atoms with Crippen LogP contribution in [0.25, 0.3) is 0 Å². The van der Waals surface area contributed by atoms with Gasteiger partial charge in [-0.25, -0.2) is 0 Å². The van der Waals surface area contributed by atoms with Crippen molar-refractivity contribution < 1.29 is 37.9 Å². The van der Waals surface area contributed by atoms with Crippen molar-refractivity contribution in [3.63, 3.8) is 0 Å². The first-order valence-electron chi connectivity index (χ1n) is 14.2. The number of ether oxygens (including phenoxy) is 8. The minimum atomic E-state index is 0.202. The first kappa shape index (κ1) is 31.5. The number of nitrogens with zero attached hydrogens (tertiary/aromatic N) is 4. The van der Waals surface area contributed by atoms with E-state index in [1.165, 1.54) is 0 Å². The standard InChI is InChI=1S/C34H32N4O8/c1-39-23-5-9-31-27(17-23)35-21-36-28-18-24(40-2)6-10-32(28)45-15-16-46-34-12-8-26(42-4)20-30(34)38-22-37-29-19-25(41-3)7-11-33(29)44-14-13-43-31/h5-12,17-20H,13-16H2,1-4H3. The Bertz CT molecular complexity index is 1540. The number of aliphatic imine (C=N–C) groups is 4. The second-order valence-electron chi connectivity index (χ2n) is 9.38. The summed E-state index contributed by atoms with van der Waals surface area (Å²) in [5, 5.41) is 0. The van der Waals surface area contributed by atoms with Crippen molar-refractivity contribution >= 4 is 34.8 Å². The predicted octanol–water partition coefficient (Wildman–Crippen LogP) is 7.22. The Labute approximate surface area is 266 Å². The Kier molecular flexibility index (Phi) is 10.7. The van der Waals surface area contributed by atoms with Crippen LogP contribution < -0.4 is 37.9 Å². The predicted molar refractivity (Wildman–Crippen MR) is 172 cm³/mol. The molecule has 236 valence electrons. The lowest BCUT2D eigenvalue weighted by molar-refractivity contribution is 0.218. The molecule has 1 aliphatic heterocycles. The van der Waals surface area contributed by atoms with Gasteiger partial charge in [-0.3, -0.25) is 0 Å². The van der Waals surface area contributed by atoms with Crippen molar-refractivity contribution in [3.8, 4) is 46.0 Å². The number of rotatable bonds is 4. The van der Waals surface area contributed by atoms with Crippen LogP contribution >= 0.6 is 0 Å². The van der Waals surface area contributed by atoms with Crippen LogP contribution in [0.3, 0.4) is 0 Å². The summed E-state index contributed by atoms with van der Waals surface area (Å²) in [7, 11) is 6.29. The van der Waals surface area contributed by atoms with Crippen LogP contribution in [0.2, 0.25) is 0 Å². The number of benzene rings is 4. The minimum absolute atomic E-state index is 0.202. The molecule has 0 atom stereocenters. The molecule has 0 bridgehead atoms. The second kappa shape index (κ2) is 15.7. The van der Waals surface area contributed by atoms with E-state index in [1.54, 1.807) is 101 Å².